The van der Waals surface area contributed by atoms with E-state index in [1.165, 1.54) is 6.42 Å². The van der Waals surface area contributed by atoms with E-state index in [0.717, 1.165) is 29.8 Å². The average Bonchev–Trinajstić information content (AvgIpc) is 2.71. The summed E-state index contributed by atoms with van der Waals surface area (Å²) >= 11 is 0. The third kappa shape index (κ3) is 2.11. The van der Waals surface area contributed by atoms with Crippen LogP contribution in [0.25, 0.3) is 11.3 Å². The van der Waals surface area contributed by atoms with Crippen LogP contribution in [-0.4, -0.2) is 11.3 Å². The fourth-order valence-corrected chi connectivity index (χ4v) is 1.84. The van der Waals surface area contributed by atoms with E-state index in [1.807, 2.05) is 24.3 Å². The third-order valence-electron chi connectivity index (χ3n) is 3.01. The first-order valence-corrected chi connectivity index (χ1v) is 5.80. The van der Waals surface area contributed by atoms with Gasteiger partial charge in [-0.1, -0.05) is 17.3 Å². The number of ether oxygens (including phenoxy) is 1. The summed E-state index contributed by atoms with van der Waals surface area (Å²) in [5, 5.41) is 3.88. The molecule has 0 saturated heterocycles. The van der Waals surface area contributed by atoms with Gasteiger partial charge in [0.15, 0.2) is 0 Å². The molecule has 0 radical (unpaired) electrons. The van der Waals surface area contributed by atoms with Gasteiger partial charge in [0.2, 0.25) is 5.88 Å². The lowest BCUT2D eigenvalue weighted by molar-refractivity contribution is 0.120. The van der Waals surface area contributed by atoms with Crippen molar-refractivity contribution in [2.24, 2.45) is 0 Å². The number of anilines is 1. The van der Waals surface area contributed by atoms with E-state index in [1.54, 1.807) is 6.07 Å². The molecule has 0 aliphatic heterocycles. The van der Waals surface area contributed by atoms with Gasteiger partial charge in [0.05, 0.1) is 6.10 Å². The van der Waals surface area contributed by atoms with Gasteiger partial charge in [-0.25, -0.2) is 0 Å². The summed E-state index contributed by atoms with van der Waals surface area (Å²) in [6, 6.07) is 9.56. The molecule has 4 nitrogen and oxygen atoms in total. The van der Waals surface area contributed by atoms with Crippen molar-refractivity contribution in [3.63, 3.8) is 0 Å². The van der Waals surface area contributed by atoms with Crippen molar-refractivity contribution in [2.75, 3.05) is 5.73 Å². The maximum atomic E-state index is 5.83. The minimum Gasteiger partial charge on any atom is -0.490 e. The molecular formula is C13H14N2O2. The van der Waals surface area contributed by atoms with Crippen LogP contribution >= 0.6 is 0 Å². The van der Waals surface area contributed by atoms with E-state index in [-0.39, 0.29) is 0 Å². The van der Waals surface area contributed by atoms with Crippen LogP contribution in [0.5, 0.6) is 5.75 Å². The number of hydrogen-bond acceptors (Lipinski definition) is 4. The second kappa shape index (κ2) is 4.13. The lowest BCUT2D eigenvalue weighted by Gasteiger charge is -2.26. The molecule has 2 aromatic rings. The van der Waals surface area contributed by atoms with Crippen molar-refractivity contribution < 1.29 is 9.26 Å². The van der Waals surface area contributed by atoms with Gasteiger partial charge in [-0.3, -0.25) is 0 Å². The topological polar surface area (TPSA) is 61.3 Å². The van der Waals surface area contributed by atoms with Gasteiger partial charge < -0.3 is 15.0 Å². The van der Waals surface area contributed by atoms with E-state index in [4.69, 9.17) is 15.0 Å². The Bertz CT molecular complexity index is 518. The standard InChI is InChI=1S/C13H14N2O2/c14-13-8-12(15-17-13)9-3-1-6-11(7-9)16-10-4-2-5-10/h1,3,6-8,10H,2,4-5,14H2. The molecule has 1 aliphatic rings. The maximum absolute atomic E-state index is 5.83. The number of hydrogen-bond donors (Lipinski definition) is 1. The first kappa shape index (κ1) is 10.2. The molecule has 88 valence electrons. The molecule has 3 rings (SSSR count). The number of nitrogen functional groups attached to an aromatic ring is 1. The molecule has 1 aliphatic carbocycles. The number of benzene rings is 1. The van der Waals surface area contributed by atoms with Crippen LogP contribution in [0, 0.1) is 0 Å². The van der Waals surface area contributed by atoms with Crippen LogP contribution in [0.1, 0.15) is 19.3 Å². The first-order chi connectivity index (χ1) is 8.31. The SMILES string of the molecule is Nc1cc(-c2cccc(OC3CCC3)c2)no1. The Balaban J connectivity index is 1.82. The smallest absolute Gasteiger partial charge is 0.222 e. The summed E-state index contributed by atoms with van der Waals surface area (Å²) < 4.78 is 10.7. The number of aromatic nitrogens is 1. The molecule has 1 heterocycles. The Morgan fingerprint density at radius 2 is 2.18 bits per heavy atom. The molecule has 1 aromatic heterocycles. The van der Waals surface area contributed by atoms with E-state index in [0.29, 0.717) is 12.0 Å². The zero-order chi connectivity index (χ0) is 11.7. The summed E-state index contributed by atoms with van der Waals surface area (Å²) in [6.45, 7) is 0. The molecule has 0 atom stereocenters. The predicted molar refractivity (Wildman–Crippen MR) is 64.6 cm³/mol. The lowest BCUT2D eigenvalue weighted by atomic mass is 9.96. The Morgan fingerprint density at radius 3 is 2.82 bits per heavy atom. The highest BCUT2D eigenvalue weighted by atomic mass is 16.5. The van der Waals surface area contributed by atoms with E-state index in [2.05, 4.69) is 5.16 Å². The Labute approximate surface area is 99.4 Å². The minimum absolute atomic E-state index is 0.324. The average molecular weight is 230 g/mol. The van der Waals surface area contributed by atoms with Gasteiger partial charge in [0.1, 0.15) is 11.4 Å². The zero-order valence-corrected chi connectivity index (χ0v) is 9.43. The number of rotatable bonds is 3. The number of nitrogens with two attached hydrogens (primary N) is 1. The second-order valence-electron chi connectivity index (χ2n) is 4.31. The van der Waals surface area contributed by atoms with Gasteiger partial charge in [-0.2, -0.15) is 0 Å². The Morgan fingerprint density at radius 1 is 1.29 bits per heavy atom. The molecule has 0 spiro atoms. The largest absolute Gasteiger partial charge is 0.490 e. The highest BCUT2D eigenvalue weighted by molar-refractivity contribution is 5.62. The van der Waals surface area contributed by atoms with Crippen molar-refractivity contribution in [1.29, 1.82) is 0 Å². The van der Waals surface area contributed by atoms with Crippen LogP contribution in [0.4, 0.5) is 5.88 Å². The first-order valence-electron chi connectivity index (χ1n) is 5.80. The minimum atomic E-state index is 0.324. The molecule has 2 N–H and O–H groups in total. The van der Waals surface area contributed by atoms with Crippen molar-refractivity contribution >= 4 is 5.88 Å². The maximum Gasteiger partial charge on any atom is 0.222 e. The van der Waals surface area contributed by atoms with Crippen molar-refractivity contribution in [1.82, 2.24) is 5.16 Å². The zero-order valence-electron chi connectivity index (χ0n) is 9.43. The third-order valence-corrected chi connectivity index (χ3v) is 3.01. The fraction of sp³-hybridized carbons (Fsp3) is 0.308. The fourth-order valence-electron chi connectivity index (χ4n) is 1.84. The van der Waals surface area contributed by atoms with Gasteiger partial charge in [-0.05, 0) is 31.4 Å². The van der Waals surface area contributed by atoms with E-state index < -0.39 is 0 Å². The van der Waals surface area contributed by atoms with Crippen LogP contribution in [0.3, 0.4) is 0 Å². The highest BCUT2D eigenvalue weighted by Gasteiger charge is 2.19. The normalized spacial score (nSPS) is 15.5. The summed E-state index contributed by atoms with van der Waals surface area (Å²) in [7, 11) is 0. The van der Waals surface area contributed by atoms with Crippen molar-refractivity contribution in [3.05, 3.63) is 30.3 Å². The van der Waals surface area contributed by atoms with Gasteiger partial charge in [0.25, 0.3) is 0 Å². The molecule has 0 bridgehead atoms. The molecule has 4 heteroatoms. The van der Waals surface area contributed by atoms with Gasteiger partial charge >= 0.3 is 0 Å². The summed E-state index contributed by atoms with van der Waals surface area (Å²) in [4.78, 5) is 0. The van der Waals surface area contributed by atoms with E-state index in [9.17, 15) is 0 Å². The summed E-state index contributed by atoms with van der Waals surface area (Å²) in [6.07, 6.45) is 3.96. The molecule has 1 fully saturated rings. The Kier molecular flexibility index (Phi) is 2.48. The van der Waals surface area contributed by atoms with Gasteiger partial charge in [-0.15, -0.1) is 0 Å². The molecule has 1 saturated carbocycles. The highest BCUT2D eigenvalue weighted by Crippen LogP contribution is 2.28. The molecule has 1 aromatic carbocycles. The molecule has 17 heavy (non-hydrogen) atoms. The molecule has 0 unspecified atom stereocenters. The van der Waals surface area contributed by atoms with Crippen LogP contribution in [0.2, 0.25) is 0 Å². The van der Waals surface area contributed by atoms with Crippen LogP contribution in [0.15, 0.2) is 34.9 Å². The van der Waals surface area contributed by atoms with Gasteiger partial charge in [0, 0.05) is 11.6 Å². The summed E-state index contributed by atoms with van der Waals surface area (Å²) in [5.41, 5.74) is 7.20. The second-order valence-corrected chi connectivity index (χ2v) is 4.31. The van der Waals surface area contributed by atoms with Crippen LogP contribution < -0.4 is 10.5 Å². The molecular weight excluding hydrogens is 216 g/mol. The van der Waals surface area contributed by atoms with E-state index >= 15 is 0 Å². The number of nitrogens with zero attached hydrogens (tertiary/aromatic N) is 1. The monoisotopic (exact) mass is 230 g/mol. The van der Waals surface area contributed by atoms with Crippen molar-refractivity contribution in [3.8, 4) is 17.0 Å². The summed E-state index contributed by atoms with van der Waals surface area (Å²) in [5.74, 6) is 1.21. The quantitative estimate of drug-likeness (QED) is 0.880. The molecule has 0 amide bonds. The van der Waals surface area contributed by atoms with Crippen molar-refractivity contribution in [2.45, 2.75) is 25.4 Å². The lowest BCUT2D eigenvalue weighted by Crippen LogP contribution is -2.24. The Hall–Kier alpha value is -1.97. The predicted octanol–water partition coefficient (Wildman–Crippen LogP) is 2.86. The van der Waals surface area contributed by atoms with Crippen LogP contribution in [-0.2, 0) is 0 Å².